The average Bonchev–Trinajstić information content (AvgIpc) is 2.60. The first kappa shape index (κ1) is 29.6. The van der Waals surface area contributed by atoms with Gasteiger partial charge in [-0.2, -0.15) is 0 Å². The molecule has 0 fully saturated rings. The van der Waals surface area contributed by atoms with Crippen molar-refractivity contribution >= 4 is 5.97 Å². The molecule has 0 spiro atoms. The van der Waals surface area contributed by atoms with E-state index in [0.717, 1.165) is 17.4 Å². The molecule has 3 nitrogen and oxygen atoms in total. The van der Waals surface area contributed by atoms with Gasteiger partial charge in [-0.3, -0.25) is 0 Å². The summed E-state index contributed by atoms with van der Waals surface area (Å²) in [5.74, 6) is -1.08. The lowest BCUT2D eigenvalue weighted by Crippen LogP contribution is -2.43. The van der Waals surface area contributed by atoms with Crippen molar-refractivity contribution in [3.8, 4) is 0 Å². The first-order valence-corrected chi connectivity index (χ1v) is 12.2. The van der Waals surface area contributed by atoms with E-state index in [1.165, 1.54) is 109 Å². The second kappa shape index (κ2) is 21.1. The van der Waals surface area contributed by atoms with Gasteiger partial charge < -0.3 is 14.4 Å². The van der Waals surface area contributed by atoms with Crippen LogP contribution in [0.1, 0.15) is 130 Å². The molecule has 1 unspecified atom stereocenters. The fourth-order valence-electron chi connectivity index (χ4n) is 3.38. The minimum atomic E-state index is -1.08. The summed E-state index contributed by atoms with van der Waals surface area (Å²) in [6, 6.07) is 0.802. The van der Waals surface area contributed by atoms with E-state index in [4.69, 9.17) is 9.90 Å². The Hall–Kier alpha value is -0.570. The van der Waals surface area contributed by atoms with Crippen LogP contribution in [0, 0.1) is 0 Å². The van der Waals surface area contributed by atoms with Gasteiger partial charge in [-0.05, 0) is 26.7 Å². The SMILES string of the molecule is CC(=O)[O-].CCCCCCCCCCCCCCCCCCC(C)[N+](C)(C)C. The summed E-state index contributed by atoms with van der Waals surface area (Å²) in [7, 11) is 6.95. The van der Waals surface area contributed by atoms with Gasteiger partial charge in [0, 0.05) is 5.97 Å². The molecule has 0 aliphatic heterocycles. The maximum absolute atomic E-state index is 8.89. The van der Waals surface area contributed by atoms with E-state index in [-0.39, 0.29) is 0 Å². The van der Waals surface area contributed by atoms with Gasteiger partial charge in [0.1, 0.15) is 0 Å². The van der Waals surface area contributed by atoms with Crippen molar-refractivity contribution in [2.24, 2.45) is 0 Å². The highest BCUT2D eigenvalue weighted by Gasteiger charge is 2.16. The van der Waals surface area contributed by atoms with Crippen molar-refractivity contribution in [2.75, 3.05) is 21.1 Å². The molecule has 0 saturated carbocycles. The molecule has 0 heterocycles. The van der Waals surface area contributed by atoms with Gasteiger partial charge in [0.05, 0.1) is 27.2 Å². The van der Waals surface area contributed by atoms with Crippen molar-refractivity contribution in [2.45, 2.75) is 136 Å². The Kier molecular flexibility index (Phi) is 22.4. The van der Waals surface area contributed by atoms with Gasteiger partial charge in [-0.25, -0.2) is 0 Å². The van der Waals surface area contributed by atoms with Crippen molar-refractivity contribution in [1.29, 1.82) is 0 Å². The minimum Gasteiger partial charge on any atom is -0.550 e. The summed E-state index contributed by atoms with van der Waals surface area (Å²) >= 11 is 0. The van der Waals surface area contributed by atoms with Crippen molar-refractivity contribution in [3.63, 3.8) is 0 Å². The second-order valence-corrected chi connectivity index (χ2v) is 9.55. The zero-order valence-electron chi connectivity index (χ0n) is 20.4. The number of aliphatic carboxylic acids is 1. The molecule has 3 heteroatoms. The summed E-state index contributed by atoms with van der Waals surface area (Å²) < 4.78 is 1.11. The van der Waals surface area contributed by atoms with Gasteiger partial charge >= 0.3 is 0 Å². The van der Waals surface area contributed by atoms with Gasteiger partial charge in [0.25, 0.3) is 0 Å². The molecule has 0 aromatic heterocycles. The summed E-state index contributed by atoms with van der Waals surface area (Å²) in [5.41, 5.74) is 0. The molecule has 0 saturated heterocycles. The number of nitrogens with zero attached hydrogens (tertiary/aromatic N) is 1. The van der Waals surface area contributed by atoms with Crippen LogP contribution in [0.25, 0.3) is 0 Å². The predicted molar refractivity (Wildman–Crippen MR) is 122 cm³/mol. The molecule has 0 aliphatic carbocycles. The summed E-state index contributed by atoms with van der Waals surface area (Å²) in [6.45, 7) is 5.66. The molecule has 0 aromatic rings. The number of carboxylic acid groups (broad SMARTS) is 1. The van der Waals surface area contributed by atoms with Gasteiger partial charge in [-0.1, -0.05) is 103 Å². The molecule has 0 aromatic carbocycles. The first-order valence-electron chi connectivity index (χ1n) is 12.2. The quantitative estimate of drug-likeness (QED) is 0.195. The highest BCUT2D eigenvalue weighted by molar-refractivity contribution is 5.60. The highest BCUT2D eigenvalue weighted by atomic mass is 16.4. The zero-order valence-corrected chi connectivity index (χ0v) is 20.4. The van der Waals surface area contributed by atoms with Crippen LogP contribution >= 0.6 is 0 Å². The first-order chi connectivity index (χ1) is 13.2. The summed E-state index contributed by atoms with van der Waals surface area (Å²) in [6.07, 6.45) is 24.8. The van der Waals surface area contributed by atoms with E-state index in [1.807, 2.05) is 0 Å². The van der Waals surface area contributed by atoms with Crippen molar-refractivity contribution in [1.82, 2.24) is 0 Å². The molecular weight excluding hydrogens is 346 g/mol. The Labute approximate surface area is 177 Å². The van der Waals surface area contributed by atoms with Crippen LogP contribution in [0.5, 0.6) is 0 Å². The minimum absolute atomic E-state index is 0.802. The van der Waals surface area contributed by atoms with E-state index in [0.29, 0.717) is 0 Å². The molecule has 0 N–H and O–H groups in total. The van der Waals surface area contributed by atoms with E-state index in [2.05, 4.69) is 35.0 Å². The lowest BCUT2D eigenvalue weighted by molar-refractivity contribution is -0.894. The lowest BCUT2D eigenvalue weighted by atomic mass is 10.0. The molecule has 0 aliphatic rings. The largest absolute Gasteiger partial charge is 0.550 e. The molecule has 0 rings (SSSR count). The summed E-state index contributed by atoms with van der Waals surface area (Å²) in [5, 5.41) is 8.89. The van der Waals surface area contributed by atoms with E-state index >= 15 is 0 Å². The lowest BCUT2D eigenvalue weighted by Gasteiger charge is -2.31. The van der Waals surface area contributed by atoms with Crippen molar-refractivity contribution in [3.05, 3.63) is 0 Å². The van der Waals surface area contributed by atoms with Crippen molar-refractivity contribution < 1.29 is 14.4 Å². The number of unbranched alkanes of at least 4 members (excludes halogenated alkanes) is 15. The fraction of sp³-hybridized carbons (Fsp3) is 0.960. The second-order valence-electron chi connectivity index (χ2n) is 9.55. The van der Waals surface area contributed by atoms with Gasteiger partial charge in [0.15, 0.2) is 0 Å². The Bertz CT molecular complexity index is 319. The maximum Gasteiger partial charge on any atom is 0.0855 e. The molecule has 0 bridgehead atoms. The topological polar surface area (TPSA) is 40.1 Å². The van der Waals surface area contributed by atoms with Crippen LogP contribution in [0.2, 0.25) is 0 Å². The van der Waals surface area contributed by atoms with E-state index in [1.54, 1.807) is 0 Å². The third-order valence-electron chi connectivity index (χ3n) is 5.80. The number of rotatable bonds is 18. The van der Waals surface area contributed by atoms with Crippen LogP contribution < -0.4 is 5.11 Å². The number of hydrogen-bond donors (Lipinski definition) is 0. The van der Waals surface area contributed by atoms with Crippen LogP contribution in [0.15, 0.2) is 0 Å². The third kappa shape index (κ3) is 27.6. The van der Waals surface area contributed by atoms with Crippen LogP contribution in [-0.2, 0) is 4.79 Å². The van der Waals surface area contributed by atoms with Crippen LogP contribution in [0.3, 0.4) is 0 Å². The van der Waals surface area contributed by atoms with E-state index in [9.17, 15) is 0 Å². The van der Waals surface area contributed by atoms with Gasteiger partial charge in [0.2, 0.25) is 0 Å². The molecule has 0 amide bonds. The summed E-state index contributed by atoms with van der Waals surface area (Å²) in [4.78, 5) is 8.89. The standard InChI is InChI=1S/C23H50N.C2H4O2/c1-6-7-8-9-10-11-12-13-14-15-16-17-18-19-20-21-22-23(2)24(3,4)5;1-2(3)4/h23H,6-22H2,1-5H3;1H3,(H,3,4)/q+1;/p-1. The molecule has 1 atom stereocenters. The smallest absolute Gasteiger partial charge is 0.0855 e. The monoisotopic (exact) mass is 399 g/mol. The van der Waals surface area contributed by atoms with Crippen LogP contribution in [0.4, 0.5) is 0 Å². The maximum atomic E-state index is 8.89. The Morgan fingerprint density at radius 3 is 1.18 bits per heavy atom. The fourth-order valence-corrected chi connectivity index (χ4v) is 3.38. The Balaban J connectivity index is 0. The number of carboxylic acids is 1. The van der Waals surface area contributed by atoms with Gasteiger partial charge in [-0.15, -0.1) is 0 Å². The number of quaternary nitrogens is 1. The zero-order chi connectivity index (χ0) is 21.7. The Morgan fingerprint density at radius 2 is 0.929 bits per heavy atom. The molecular formula is C25H53NO2. The Morgan fingerprint density at radius 1 is 0.679 bits per heavy atom. The number of carbonyl (C=O) groups is 1. The number of carbonyl (C=O) groups excluding carboxylic acids is 1. The third-order valence-corrected chi connectivity index (χ3v) is 5.80. The molecule has 0 radical (unpaired) electrons. The number of hydrogen-bond acceptors (Lipinski definition) is 2. The average molecular weight is 400 g/mol. The molecule has 170 valence electrons. The predicted octanol–water partition coefficient (Wildman–Crippen LogP) is 6.49. The van der Waals surface area contributed by atoms with Crippen LogP contribution in [-0.4, -0.2) is 37.6 Å². The normalized spacial score (nSPS) is 12.4. The highest BCUT2D eigenvalue weighted by Crippen LogP contribution is 2.15. The van der Waals surface area contributed by atoms with E-state index < -0.39 is 5.97 Å². The molecule has 28 heavy (non-hydrogen) atoms.